The molecule has 0 unspecified atom stereocenters. The van der Waals surface area contributed by atoms with Gasteiger partial charge in [-0.2, -0.15) is 0 Å². The molecule has 0 spiro atoms. The molecule has 233 valence electrons. The minimum atomic E-state index is -1.34. The molecule has 0 saturated heterocycles. The minimum Gasteiger partial charge on any atom is -0.464 e. The predicted octanol–water partition coefficient (Wildman–Crippen LogP) is 8.72. The van der Waals surface area contributed by atoms with E-state index >= 15 is 0 Å². The quantitative estimate of drug-likeness (QED) is 0.129. The number of pyridine rings is 4. The second kappa shape index (κ2) is 13.9. The third-order valence-corrected chi connectivity index (χ3v) is 10.3. The van der Waals surface area contributed by atoms with Gasteiger partial charge in [0.1, 0.15) is 0 Å². The Kier molecular flexibility index (Phi) is 10.1. The Labute approximate surface area is 281 Å². The molecule has 1 aromatic carbocycles. The van der Waals surface area contributed by atoms with Gasteiger partial charge in [0, 0.05) is 43.9 Å². The van der Waals surface area contributed by atoms with Gasteiger partial charge in [-0.3, -0.25) is 9.97 Å². The van der Waals surface area contributed by atoms with E-state index < -0.39 is 8.07 Å². The molecule has 0 atom stereocenters. The molecule has 1 radical (unpaired) electrons. The van der Waals surface area contributed by atoms with Gasteiger partial charge in [0.05, 0.1) is 8.07 Å². The number of furan rings is 1. The zero-order chi connectivity index (χ0) is 30.8. The molecule has 0 amide bonds. The number of benzene rings is 1. The Morgan fingerprint density at radius 2 is 1.73 bits per heavy atom. The van der Waals surface area contributed by atoms with E-state index in [1.807, 2.05) is 49.6 Å². The molecule has 0 bridgehead atoms. The molecule has 7 heteroatoms. The third kappa shape index (κ3) is 7.32. The summed E-state index contributed by atoms with van der Waals surface area (Å²) < 4.78 is 5.76. The zero-order valence-electron chi connectivity index (χ0n) is 27.0. The van der Waals surface area contributed by atoms with Crippen LogP contribution in [0, 0.1) is 25.0 Å². The fourth-order valence-corrected chi connectivity index (χ4v) is 7.65. The van der Waals surface area contributed by atoms with Crippen LogP contribution in [0.4, 0.5) is 0 Å². The number of nitrogens with zero attached hydrogens (tertiary/aromatic N) is 4. The zero-order valence-corrected chi connectivity index (χ0v) is 30.4. The van der Waals surface area contributed by atoms with Gasteiger partial charge in [0.25, 0.3) is 0 Å². The summed E-state index contributed by atoms with van der Waals surface area (Å²) in [6, 6.07) is 23.3. The van der Waals surface area contributed by atoms with Crippen molar-refractivity contribution >= 4 is 35.5 Å². The Morgan fingerprint density at radius 3 is 2.49 bits per heavy atom. The molecule has 45 heavy (non-hydrogen) atoms. The fourth-order valence-electron chi connectivity index (χ4n) is 6.06. The standard InChI is InChI=1S/C20H16N3O.C18H24NSi.Ir/c1-12-6-7-16-17-10-14(11-22-19(17)24-20(16)23-12)18-15-5-3-2-4-13(15)8-9-21-18;1-14(2)11-16-12-17(15-9-7-6-8-10-15)19-13-18(16)20(3,4)5;/h6-9,11H,2-5H2,1H3;6-9,12-14H,11H2,1-5H3;/q2*-1;. The summed E-state index contributed by atoms with van der Waals surface area (Å²) in [5.41, 5.74) is 10.4. The summed E-state index contributed by atoms with van der Waals surface area (Å²) >= 11 is 0. The SMILES string of the molecule is CC(C)Cc1cc(-c2[c-]cccc2)ncc1[Si](C)(C)C.Cc1ccc2c(n1)oc1ncc(-c3nccc4c3CCCC4)[c-]c12.[Ir]. The maximum atomic E-state index is 5.76. The van der Waals surface area contributed by atoms with Crippen LogP contribution in [0.25, 0.3) is 44.7 Å². The van der Waals surface area contributed by atoms with E-state index in [2.05, 4.69) is 90.0 Å². The fraction of sp³-hybridized carbons (Fsp3) is 0.316. The van der Waals surface area contributed by atoms with Crippen molar-refractivity contribution in [3.05, 3.63) is 102 Å². The smallest absolute Gasteiger partial charge is 0.185 e. The van der Waals surface area contributed by atoms with E-state index in [1.165, 1.54) is 34.7 Å². The molecule has 7 rings (SSSR count). The van der Waals surface area contributed by atoms with Crippen LogP contribution in [0.2, 0.25) is 19.6 Å². The Hall–Kier alpha value is -3.51. The van der Waals surface area contributed by atoms with Crippen LogP contribution >= 0.6 is 0 Å². The summed E-state index contributed by atoms with van der Waals surface area (Å²) in [6.07, 6.45) is 11.6. The molecule has 1 aliphatic rings. The molecule has 5 heterocycles. The van der Waals surface area contributed by atoms with Crippen LogP contribution < -0.4 is 5.19 Å². The van der Waals surface area contributed by atoms with E-state index in [1.54, 1.807) is 0 Å². The second-order valence-corrected chi connectivity index (χ2v) is 18.3. The summed E-state index contributed by atoms with van der Waals surface area (Å²) in [5.74, 6) is 0.667. The van der Waals surface area contributed by atoms with Crippen LogP contribution in [0.3, 0.4) is 0 Å². The molecule has 0 saturated carbocycles. The minimum absolute atomic E-state index is 0. The first-order chi connectivity index (χ1) is 21.2. The Balaban J connectivity index is 0.000000177. The number of rotatable bonds is 5. The first-order valence-corrected chi connectivity index (χ1v) is 19.2. The summed E-state index contributed by atoms with van der Waals surface area (Å²) in [5, 5.41) is 3.32. The monoisotopic (exact) mass is 789 g/mol. The number of hydrogen-bond donors (Lipinski definition) is 0. The molecular weight excluding hydrogens is 749 g/mol. The summed E-state index contributed by atoms with van der Waals surface area (Å²) in [7, 11) is -1.34. The van der Waals surface area contributed by atoms with Crippen LogP contribution in [0.15, 0.2) is 71.5 Å². The van der Waals surface area contributed by atoms with E-state index in [0.29, 0.717) is 17.3 Å². The molecule has 5 nitrogen and oxygen atoms in total. The second-order valence-electron chi connectivity index (χ2n) is 13.2. The van der Waals surface area contributed by atoms with Crippen molar-refractivity contribution in [2.45, 2.75) is 72.5 Å². The van der Waals surface area contributed by atoms with Gasteiger partial charge in [0.2, 0.25) is 0 Å². The van der Waals surface area contributed by atoms with Gasteiger partial charge in [-0.1, -0.05) is 62.3 Å². The van der Waals surface area contributed by atoms with Crippen LogP contribution in [0.5, 0.6) is 0 Å². The van der Waals surface area contributed by atoms with Gasteiger partial charge < -0.3 is 9.40 Å². The molecule has 0 aliphatic heterocycles. The van der Waals surface area contributed by atoms with E-state index in [-0.39, 0.29) is 20.1 Å². The normalized spacial score (nSPS) is 12.9. The average Bonchev–Trinajstić information content (AvgIpc) is 3.37. The van der Waals surface area contributed by atoms with Crippen molar-refractivity contribution in [1.82, 2.24) is 19.9 Å². The van der Waals surface area contributed by atoms with E-state index in [9.17, 15) is 0 Å². The number of hydrogen-bond acceptors (Lipinski definition) is 5. The van der Waals surface area contributed by atoms with Crippen LogP contribution in [0.1, 0.15) is 49.1 Å². The van der Waals surface area contributed by atoms with Gasteiger partial charge in [-0.05, 0) is 90.5 Å². The Morgan fingerprint density at radius 1 is 0.911 bits per heavy atom. The van der Waals surface area contributed by atoms with Crippen molar-refractivity contribution in [3.8, 4) is 22.5 Å². The number of aromatic nitrogens is 4. The van der Waals surface area contributed by atoms with Crippen molar-refractivity contribution in [2.24, 2.45) is 5.92 Å². The first-order valence-electron chi connectivity index (χ1n) is 15.7. The van der Waals surface area contributed by atoms with Crippen molar-refractivity contribution in [1.29, 1.82) is 0 Å². The molecule has 6 aromatic rings. The summed E-state index contributed by atoms with van der Waals surface area (Å²) in [4.78, 5) is 18.3. The largest absolute Gasteiger partial charge is 0.464 e. The van der Waals surface area contributed by atoms with E-state index in [4.69, 9.17) is 4.42 Å². The van der Waals surface area contributed by atoms with Gasteiger partial charge in [-0.15, -0.1) is 42.0 Å². The van der Waals surface area contributed by atoms with Crippen LogP contribution in [-0.4, -0.2) is 28.0 Å². The molecule has 1 aliphatic carbocycles. The average molecular weight is 789 g/mol. The van der Waals surface area contributed by atoms with Crippen LogP contribution in [-0.2, 0) is 39.4 Å². The Bertz CT molecular complexity index is 1930. The van der Waals surface area contributed by atoms with Crippen molar-refractivity contribution in [3.63, 3.8) is 0 Å². The molecule has 0 N–H and O–H groups in total. The predicted molar refractivity (Wildman–Crippen MR) is 183 cm³/mol. The van der Waals surface area contributed by atoms with E-state index in [0.717, 1.165) is 58.2 Å². The maximum absolute atomic E-state index is 5.76. The third-order valence-electron chi connectivity index (χ3n) is 8.19. The first kappa shape index (κ1) is 32.9. The summed E-state index contributed by atoms with van der Waals surface area (Å²) in [6.45, 7) is 13.7. The maximum Gasteiger partial charge on any atom is 0.185 e. The molecular formula is C38H40IrN4OSi-2. The topological polar surface area (TPSA) is 64.7 Å². The molecule has 0 fully saturated rings. The van der Waals surface area contributed by atoms with Gasteiger partial charge >= 0.3 is 0 Å². The molecule has 5 aromatic heterocycles. The van der Waals surface area contributed by atoms with Gasteiger partial charge in [0.15, 0.2) is 11.4 Å². The van der Waals surface area contributed by atoms with Gasteiger partial charge in [-0.25, -0.2) is 4.98 Å². The van der Waals surface area contributed by atoms with Crippen molar-refractivity contribution in [2.75, 3.05) is 0 Å². The van der Waals surface area contributed by atoms with Crippen molar-refractivity contribution < 1.29 is 24.5 Å². The number of fused-ring (bicyclic) bond motifs is 4. The number of aryl methyl sites for hydroxylation is 2.